The first-order valence-corrected chi connectivity index (χ1v) is 11.7. The zero-order chi connectivity index (χ0) is 20.4. The van der Waals surface area contributed by atoms with E-state index in [0.717, 1.165) is 24.8 Å². The summed E-state index contributed by atoms with van der Waals surface area (Å²) in [7, 11) is -3.66. The summed E-state index contributed by atoms with van der Waals surface area (Å²) in [4.78, 5) is 15.4. The number of carbonyl (C=O) groups is 1. The van der Waals surface area contributed by atoms with E-state index in [-0.39, 0.29) is 16.8 Å². The molecule has 1 aromatic rings. The van der Waals surface area contributed by atoms with Gasteiger partial charge >= 0.3 is 0 Å². The maximum Gasteiger partial charge on any atom is 0.254 e. The van der Waals surface area contributed by atoms with Crippen LogP contribution in [-0.4, -0.2) is 81.9 Å². The highest BCUT2D eigenvalue weighted by atomic mass is 32.2. The Morgan fingerprint density at radius 1 is 1.03 bits per heavy atom. The minimum Gasteiger partial charge on any atom is -0.379 e. The number of sulfonamides is 1. The maximum atomic E-state index is 13.4. The van der Waals surface area contributed by atoms with Crippen molar-refractivity contribution >= 4 is 15.9 Å². The van der Waals surface area contributed by atoms with Gasteiger partial charge in [-0.1, -0.05) is 6.07 Å². The number of likely N-dealkylation sites (tertiary alicyclic amines) is 1. The van der Waals surface area contributed by atoms with Crippen molar-refractivity contribution in [3.63, 3.8) is 0 Å². The first-order chi connectivity index (χ1) is 14.0. The molecular weight excluding hydrogens is 396 g/mol. The van der Waals surface area contributed by atoms with E-state index in [4.69, 9.17) is 14.2 Å². The molecule has 1 aromatic carbocycles. The molecule has 29 heavy (non-hydrogen) atoms. The molecule has 9 heteroatoms. The zero-order valence-corrected chi connectivity index (χ0v) is 17.5. The molecule has 3 heterocycles. The average Bonchev–Trinajstić information content (AvgIpc) is 3.29. The minimum absolute atomic E-state index is 0.141. The Labute approximate surface area is 171 Å². The molecule has 1 atom stereocenters. The number of carbonyl (C=O) groups excluding carboxylic acids is 1. The largest absolute Gasteiger partial charge is 0.379 e. The molecule has 0 spiro atoms. The molecule has 160 valence electrons. The van der Waals surface area contributed by atoms with E-state index >= 15 is 0 Å². The summed E-state index contributed by atoms with van der Waals surface area (Å²) in [6, 6.07) is 4.66. The van der Waals surface area contributed by atoms with Crippen LogP contribution >= 0.6 is 0 Å². The number of nitrogens with zero attached hydrogens (tertiary/aromatic N) is 2. The van der Waals surface area contributed by atoms with Gasteiger partial charge in [0.15, 0.2) is 6.29 Å². The Kier molecular flexibility index (Phi) is 6.21. The second-order valence-electron chi connectivity index (χ2n) is 7.66. The summed E-state index contributed by atoms with van der Waals surface area (Å²) < 4.78 is 44.1. The van der Waals surface area contributed by atoms with Crippen LogP contribution < -0.4 is 0 Å². The van der Waals surface area contributed by atoms with Gasteiger partial charge in [0.2, 0.25) is 10.0 Å². The predicted molar refractivity (Wildman–Crippen MR) is 105 cm³/mol. The lowest BCUT2D eigenvalue weighted by molar-refractivity contribution is -0.100. The molecule has 3 fully saturated rings. The highest BCUT2D eigenvalue weighted by Gasteiger charge is 2.37. The minimum atomic E-state index is -3.66. The van der Waals surface area contributed by atoms with Crippen molar-refractivity contribution in [1.29, 1.82) is 0 Å². The number of ether oxygens (including phenoxy) is 3. The Morgan fingerprint density at radius 3 is 2.48 bits per heavy atom. The molecule has 0 aliphatic carbocycles. The smallest absolute Gasteiger partial charge is 0.254 e. The number of rotatable bonds is 4. The molecule has 4 rings (SSSR count). The van der Waals surface area contributed by atoms with E-state index in [1.165, 1.54) is 10.4 Å². The lowest BCUT2D eigenvalue weighted by atomic mass is 9.99. The molecule has 0 saturated carbocycles. The van der Waals surface area contributed by atoms with Gasteiger partial charge < -0.3 is 19.1 Å². The fourth-order valence-corrected chi connectivity index (χ4v) is 5.61. The van der Waals surface area contributed by atoms with Gasteiger partial charge in [0.25, 0.3) is 5.91 Å². The Hall–Kier alpha value is -1.52. The van der Waals surface area contributed by atoms with Gasteiger partial charge in [-0.2, -0.15) is 4.31 Å². The lowest BCUT2D eigenvalue weighted by Gasteiger charge is -2.38. The summed E-state index contributed by atoms with van der Waals surface area (Å²) in [6.45, 7) is 4.94. The molecule has 1 amide bonds. The average molecular weight is 425 g/mol. The summed E-state index contributed by atoms with van der Waals surface area (Å²) in [5.41, 5.74) is 1.18. The monoisotopic (exact) mass is 424 g/mol. The van der Waals surface area contributed by atoms with Gasteiger partial charge in [0, 0.05) is 25.2 Å². The number of aryl methyl sites for hydroxylation is 1. The Balaban J connectivity index is 1.61. The van der Waals surface area contributed by atoms with Crippen LogP contribution in [0.15, 0.2) is 23.1 Å². The lowest BCUT2D eigenvalue weighted by Crippen LogP contribution is -2.50. The zero-order valence-electron chi connectivity index (χ0n) is 16.7. The summed E-state index contributed by atoms with van der Waals surface area (Å²) >= 11 is 0. The van der Waals surface area contributed by atoms with Crippen LogP contribution in [0, 0.1) is 6.92 Å². The highest BCUT2D eigenvalue weighted by Crippen LogP contribution is 2.28. The van der Waals surface area contributed by atoms with E-state index < -0.39 is 16.3 Å². The normalized spacial score (nSPS) is 24.7. The van der Waals surface area contributed by atoms with Crippen molar-refractivity contribution in [1.82, 2.24) is 9.21 Å². The fraction of sp³-hybridized carbons (Fsp3) is 0.650. The molecule has 0 radical (unpaired) electrons. The van der Waals surface area contributed by atoms with Gasteiger partial charge in [-0.15, -0.1) is 0 Å². The Morgan fingerprint density at radius 2 is 1.76 bits per heavy atom. The molecule has 8 nitrogen and oxygen atoms in total. The van der Waals surface area contributed by atoms with Crippen LogP contribution in [0.5, 0.6) is 0 Å². The van der Waals surface area contributed by atoms with Gasteiger partial charge in [0.05, 0.1) is 37.4 Å². The molecule has 0 aromatic heterocycles. The molecular formula is C20H28N2O6S. The second kappa shape index (κ2) is 8.69. The number of hydrogen-bond donors (Lipinski definition) is 0. The van der Waals surface area contributed by atoms with Crippen molar-refractivity contribution in [2.24, 2.45) is 0 Å². The summed E-state index contributed by atoms with van der Waals surface area (Å²) in [5.74, 6) is -0.162. The number of piperidine rings is 1. The second-order valence-corrected chi connectivity index (χ2v) is 9.60. The predicted octanol–water partition coefficient (Wildman–Crippen LogP) is 1.38. The van der Waals surface area contributed by atoms with Gasteiger partial charge in [-0.05, 0) is 43.9 Å². The molecule has 0 N–H and O–H groups in total. The van der Waals surface area contributed by atoms with Crippen molar-refractivity contribution < 1.29 is 27.4 Å². The van der Waals surface area contributed by atoms with Crippen molar-refractivity contribution in [3.8, 4) is 0 Å². The summed E-state index contributed by atoms with van der Waals surface area (Å²) in [6.07, 6.45) is 2.35. The van der Waals surface area contributed by atoms with Gasteiger partial charge in [0.1, 0.15) is 0 Å². The fourth-order valence-electron chi connectivity index (χ4n) is 4.17. The number of benzene rings is 1. The third-order valence-corrected chi connectivity index (χ3v) is 7.71. The number of morpholine rings is 1. The van der Waals surface area contributed by atoms with E-state index in [1.807, 2.05) is 6.92 Å². The maximum absolute atomic E-state index is 13.4. The molecule has 3 aliphatic heterocycles. The quantitative estimate of drug-likeness (QED) is 0.726. The molecule has 3 aliphatic rings. The topological polar surface area (TPSA) is 85.4 Å². The van der Waals surface area contributed by atoms with E-state index in [0.29, 0.717) is 51.6 Å². The third kappa shape index (κ3) is 4.20. The first-order valence-electron chi connectivity index (χ1n) is 10.2. The molecule has 0 bridgehead atoms. The van der Waals surface area contributed by atoms with Crippen LogP contribution in [0.2, 0.25) is 0 Å². The van der Waals surface area contributed by atoms with Gasteiger partial charge in [-0.3, -0.25) is 4.79 Å². The van der Waals surface area contributed by atoms with Crippen LogP contribution in [0.4, 0.5) is 0 Å². The SMILES string of the molecule is Cc1ccc(S(=O)(=O)N2CCOCC2)cc1C(=O)N1CCCCC1C1OCCO1. The first kappa shape index (κ1) is 20.7. The van der Waals surface area contributed by atoms with Crippen LogP contribution in [0.1, 0.15) is 35.2 Å². The Bertz CT molecular complexity index is 847. The van der Waals surface area contributed by atoms with Crippen LogP contribution in [0.3, 0.4) is 0 Å². The van der Waals surface area contributed by atoms with Gasteiger partial charge in [-0.25, -0.2) is 8.42 Å². The molecule has 3 saturated heterocycles. The van der Waals surface area contributed by atoms with E-state index in [1.54, 1.807) is 17.0 Å². The summed E-state index contributed by atoms with van der Waals surface area (Å²) in [5, 5.41) is 0. The van der Waals surface area contributed by atoms with E-state index in [2.05, 4.69) is 0 Å². The van der Waals surface area contributed by atoms with E-state index in [9.17, 15) is 13.2 Å². The standard InChI is InChI=1S/C20H28N2O6S/c1-15-5-6-16(29(24,25)21-8-10-26-11-9-21)14-17(15)19(23)22-7-3-2-4-18(22)20-27-12-13-28-20/h5-6,14,18,20H,2-4,7-13H2,1H3. The number of hydrogen-bond acceptors (Lipinski definition) is 6. The van der Waals surface area contributed by atoms with Crippen molar-refractivity contribution in [3.05, 3.63) is 29.3 Å². The highest BCUT2D eigenvalue weighted by molar-refractivity contribution is 7.89. The molecule has 1 unspecified atom stereocenters. The number of amides is 1. The van der Waals surface area contributed by atoms with Crippen molar-refractivity contribution in [2.45, 2.75) is 43.4 Å². The van der Waals surface area contributed by atoms with Crippen LogP contribution in [0.25, 0.3) is 0 Å². The van der Waals surface area contributed by atoms with Crippen LogP contribution in [-0.2, 0) is 24.2 Å². The van der Waals surface area contributed by atoms with Crippen molar-refractivity contribution in [2.75, 3.05) is 46.1 Å². The third-order valence-electron chi connectivity index (χ3n) is 5.82.